The van der Waals surface area contributed by atoms with Gasteiger partial charge >= 0.3 is 6.18 Å². The summed E-state index contributed by atoms with van der Waals surface area (Å²) in [5.74, 6) is -1.24. The van der Waals surface area contributed by atoms with E-state index in [2.05, 4.69) is 10.2 Å². The van der Waals surface area contributed by atoms with Gasteiger partial charge in [-0.05, 0) is 61.1 Å². The summed E-state index contributed by atoms with van der Waals surface area (Å²) in [4.78, 5) is -0.923. The summed E-state index contributed by atoms with van der Waals surface area (Å²) >= 11 is 0. The maximum Gasteiger partial charge on any atom is 0.436 e. The molecule has 7 nitrogen and oxygen atoms in total. The van der Waals surface area contributed by atoms with Crippen LogP contribution in [-0.4, -0.2) is 45.4 Å². The molecule has 0 saturated carbocycles. The predicted molar refractivity (Wildman–Crippen MR) is 152 cm³/mol. The number of nitrogens with zero attached hydrogens (tertiary/aromatic N) is 5. The topological polar surface area (TPSA) is 73.0 Å². The first-order valence-corrected chi connectivity index (χ1v) is 15.7. The van der Waals surface area contributed by atoms with Crippen LogP contribution in [0.4, 0.5) is 22.0 Å². The van der Waals surface area contributed by atoms with E-state index in [0.29, 0.717) is 19.3 Å². The molecule has 232 valence electrons. The largest absolute Gasteiger partial charge is 0.436 e. The Kier molecular flexibility index (Phi) is 7.73. The van der Waals surface area contributed by atoms with Crippen molar-refractivity contribution in [1.82, 2.24) is 23.9 Å². The van der Waals surface area contributed by atoms with Crippen LogP contribution in [0.5, 0.6) is 0 Å². The van der Waals surface area contributed by atoms with Gasteiger partial charge in [0.1, 0.15) is 16.5 Å². The standard InChI is InChI=1S/C31H30F5N5O2S/c1-19-25-16-37-41(24-11-9-23(32)10-12-24)27(25)15-21-7-8-22(29(19)21)17-40(14-13-20-5-3-4-6-26(20)33)44(42,43)28-18-39(2)38-30(28)31(34,35)36/h3-6,9-12,16,18-19,22H,7-8,13-15,17H2,1-2H3/t19-,22+/m0/s1. The lowest BCUT2D eigenvalue weighted by Crippen LogP contribution is -2.38. The van der Waals surface area contributed by atoms with Crippen LogP contribution in [0.15, 0.2) is 77.0 Å². The summed E-state index contributed by atoms with van der Waals surface area (Å²) in [5.41, 5.74) is 3.65. The molecular weight excluding hydrogens is 601 g/mol. The third-order valence-electron chi connectivity index (χ3n) is 8.62. The van der Waals surface area contributed by atoms with Crippen molar-refractivity contribution in [2.24, 2.45) is 13.0 Å². The molecule has 0 N–H and O–H groups in total. The molecule has 2 aliphatic rings. The Morgan fingerprint density at radius 1 is 1.07 bits per heavy atom. The highest BCUT2D eigenvalue weighted by Crippen LogP contribution is 2.48. The van der Waals surface area contributed by atoms with Crippen molar-refractivity contribution < 1.29 is 30.4 Å². The molecule has 0 radical (unpaired) electrons. The van der Waals surface area contributed by atoms with Crippen LogP contribution in [0.25, 0.3) is 5.69 Å². The summed E-state index contributed by atoms with van der Waals surface area (Å²) < 4.78 is 101. The van der Waals surface area contributed by atoms with Gasteiger partial charge in [-0.3, -0.25) is 4.68 Å². The van der Waals surface area contributed by atoms with Crippen molar-refractivity contribution in [1.29, 1.82) is 0 Å². The molecule has 0 saturated heterocycles. The monoisotopic (exact) mass is 631 g/mol. The summed E-state index contributed by atoms with van der Waals surface area (Å²) in [6.45, 7) is 1.74. The molecule has 0 amide bonds. The molecule has 2 heterocycles. The second kappa shape index (κ2) is 11.3. The van der Waals surface area contributed by atoms with E-state index in [9.17, 15) is 30.4 Å². The first kappa shape index (κ1) is 30.2. The molecule has 13 heteroatoms. The van der Waals surface area contributed by atoms with Crippen molar-refractivity contribution in [2.45, 2.75) is 49.6 Å². The Balaban J connectivity index is 1.33. The van der Waals surface area contributed by atoms with Gasteiger partial charge in [-0.25, -0.2) is 21.9 Å². The predicted octanol–water partition coefficient (Wildman–Crippen LogP) is 6.20. The van der Waals surface area contributed by atoms with E-state index in [0.717, 1.165) is 43.3 Å². The number of aromatic nitrogens is 4. The number of alkyl halides is 3. The quantitative estimate of drug-likeness (QED) is 0.172. The molecule has 44 heavy (non-hydrogen) atoms. The van der Waals surface area contributed by atoms with Gasteiger partial charge in [-0.15, -0.1) is 0 Å². The molecule has 6 rings (SSSR count). The number of hydrogen-bond donors (Lipinski definition) is 0. The fourth-order valence-electron chi connectivity index (χ4n) is 6.57. The van der Waals surface area contributed by atoms with Crippen LogP contribution < -0.4 is 0 Å². The number of fused-ring (bicyclic) bond motifs is 1. The van der Waals surface area contributed by atoms with Crippen molar-refractivity contribution in [3.05, 3.63) is 106 Å². The Bertz CT molecular complexity index is 1840. The maximum atomic E-state index is 14.5. The normalized spacial score (nSPS) is 18.6. The van der Waals surface area contributed by atoms with Crippen LogP contribution in [0, 0.1) is 17.6 Å². The molecule has 4 aromatic rings. The van der Waals surface area contributed by atoms with E-state index in [1.165, 1.54) is 37.4 Å². The average molecular weight is 632 g/mol. The minimum atomic E-state index is -4.98. The fourth-order valence-corrected chi connectivity index (χ4v) is 8.24. The molecule has 0 spiro atoms. The highest BCUT2D eigenvalue weighted by Gasteiger charge is 2.44. The third-order valence-corrected chi connectivity index (χ3v) is 10.5. The average Bonchev–Trinajstić information content (AvgIpc) is 3.69. The third kappa shape index (κ3) is 5.47. The molecule has 2 aromatic carbocycles. The SMILES string of the molecule is C[C@@H]1C2=C(CC[C@@H]2CN(CCc2ccccc2F)S(=O)(=O)c2cn(C)nc2C(F)(F)F)Cc2c1cnn2-c1ccc(F)cc1. The van der Waals surface area contributed by atoms with Crippen LogP contribution in [0.1, 0.15) is 48.2 Å². The van der Waals surface area contributed by atoms with Crippen molar-refractivity contribution in [2.75, 3.05) is 13.1 Å². The van der Waals surface area contributed by atoms with Crippen LogP contribution in [-0.2, 0) is 36.1 Å². The fraction of sp³-hybridized carbons (Fsp3) is 0.355. The lowest BCUT2D eigenvalue weighted by molar-refractivity contribution is -0.143. The van der Waals surface area contributed by atoms with Gasteiger partial charge in [-0.2, -0.15) is 27.7 Å². The molecular formula is C31H30F5N5O2S. The lowest BCUT2D eigenvalue weighted by atomic mass is 9.80. The molecule has 0 bridgehead atoms. The van der Waals surface area contributed by atoms with Crippen LogP contribution in [0.2, 0.25) is 0 Å². The second-order valence-corrected chi connectivity index (χ2v) is 13.3. The Hall–Kier alpha value is -3.84. The number of sulfonamides is 1. The van der Waals surface area contributed by atoms with Gasteiger partial charge in [0.05, 0.1) is 17.6 Å². The van der Waals surface area contributed by atoms with Crippen molar-refractivity contribution >= 4 is 10.0 Å². The molecule has 0 fully saturated rings. The van der Waals surface area contributed by atoms with Gasteiger partial charge in [0, 0.05) is 44.2 Å². The Morgan fingerprint density at radius 2 is 1.80 bits per heavy atom. The van der Waals surface area contributed by atoms with Crippen LogP contribution >= 0.6 is 0 Å². The van der Waals surface area contributed by atoms with Crippen molar-refractivity contribution in [3.63, 3.8) is 0 Å². The van der Waals surface area contributed by atoms with E-state index in [-0.39, 0.29) is 42.7 Å². The summed E-state index contributed by atoms with van der Waals surface area (Å²) in [6.07, 6.45) is -0.479. The van der Waals surface area contributed by atoms with Gasteiger partial charge < -0.3 is 0 Å². The zero-order valence-corrected chi connectivity index (χ0v) is 24.8. The van der Waals surface area contributed by atoms with E-state index >= 15 is 0 Å². The Labute approximate surface area is 251 Å². The van der Waals surface area contributed by atoms with Gasteiger partial charge in [0.15, 0.2) is 5.69 Å². The lowest BCUT2D eigenvalue weighted by Gasteiger charge is -2.31. The number of allylic oxidation sites excluding steroid dienone is 1. The maximum absolute atomic E-state index is 14.5. The van der Waals surface area contributed by atoms with Crippen LogP contribution in [0.3, 0.4) is 0 Å². The Morgan fingerprint density at radius 3 is 2.50 bits per heavy atom. The molecule has 0 aliphatic heterocycles. The first-order chi connectivity index (χ1) is 20.8. The molecule has 0 unspecified atom stereocenters. The number of hydrogen-bond acceptors (Lipinski definition) is 4. The van der Waals surface area contributed by atoms with Gasteiger partial charge in [0.2, 0.25) is 10.0 Å². The van der Waals surface area contributed by atoms with E-state index in [1.807, 2.05) is 6.92 Å². The zero-order chi connectivity index (χ0) is 31.4. The summed E-state index contributed by atoms with van der Waals surface area (Å²) in [5, 5.41) is 7.97. The minimum Gasteiger partial charge on any atom is -0.274 e. The molecule has 2 aromatic heterocycles. The molecule has 2 atom stereocenters. The van der Waals surface area contributed by atoms with E-state index in [4.69, 9.17) is 0 Å². The summed E-state index contributed by atoms with van der Waals surface area (Å²) in [7, 11) is -3.44. The number of halogens is 5. The van der Waals surface area contributed by atoms with Gasteiger partial charge in [-0.1, -0.05) is 36.3 Å². The van der Waals surface area contributed by atoms with E-state index in [1.54, 1.807) is 29.1 Å². The summed E-state index contributed by atoms with van der Waals surface area (Å²) in [6, 6.07) is 12.0. The van der Waals surface area contributed by atoms with Gasteiger partial charge in [0.25, 0.3) is 0 Å². The number of aryl methyl sites for hydroxylation is 1. The zero-order valence-electron chi connectivity index (χ0n) is 24.0. The highest BCUT2D eigenvalue weighted by atomic mass is 32.2. The van der Waals surface area contributed by atoms with Crippen molar-refractivity contribution in [3.8, 4) is 5.69 Å². The second-order valence-electron chi connectivity index (χ2n) is 11.3. The first-order valence-electron chi connectivity index (χ1n) is 14.2. The number of rotatable bonds is 8. The highest BCUT2D eigenvalue weighted by molar-refractivity contribution is 7.89. The van der Waals surface area contributed by atoms with E-state index < -0.39 is 32.6 Å². The molecule has 2 aliphatic carbocycles. The smallest absolute Gasteiger partial charge is 0.274 e. The minimum absolute atomic E-state index is 0.0176. The number of benzene rings is 2.